The average molecular weight is 269 g/mol. The van der Waals surface area contributed by atoms with Crippen molar-refractivity contribution < 1.29 is 9.53 Å². The number of carbonyl (C=O) groups is 1. The molecule has 0 aliphatic carbocycles. The van der Waals surface area contributed by atoms with Crippen molar-refractivity contribution >= 4 is 17.2 Å². The van der Waals surface area contributed by atoms with Crippen LogP contribution in [-0.4, -0.2) is 36.2 Å². The Morgan fingerprint density at radius 3 is 3.22 bits per heavy atom. The van der Waals surface area contributed by atoms with Gasteiger partial charge in [-0.2, -0.15) is 0 Å². The van der Waals surface area contributed by atoms with Gasteiger partial charge in [-0.1, -0.05) is 6.92 Å². The molecule has 1 aliphatic heterocycles. The number of thiazole rings is 1. The van der Waals surface area contributed by atoms with Crippen molar-refractivity contribution in [3.8, 4) is 0 Å². The summed E-state index contributed by atoms with van der Waals surface area (Å²) in [4.78, 5) is 17.5. The van der Waals surface area contributed by atoms with E-state index in [1.165, 1.54) is 4.88 Å². The molecule has 2 heterocycles. The van der Waals surface area contributed by atoms with Crippen molar-refractivity contribution in [2.24, 2.45) is 0 Å². The van der Waals surface area contributed by atoms with Crippen molar-refractivity contribution in [1.82, 2.24) is 15.6 Å². The van der Waals surface area contributed by atoms with E-state index >= 15 is 0 Å². The predicted molar refractivity (Wildman–Crippen MR) is 70.5 cm³/mol. The number of nitrogens with zero attached hydrogens (tertiary/aromatic N) is 1. The van der Waals surface area contributed by atoms with Gasteiger partial charge >= 0.3 is 0 Å². The SMILES string of the molecule is CCc1cnc(CNC(=O)[C@H]2NCCO[C@@H]2C)s1. The van der Waals surface area contributed by atoms with Gasteiger partial charge in [0.1, 0.15) is 11.0 Å². The zero-order chi connectivity index (χ0) is 13.0. The molecule has 0 saturated carbocycles. The van der Waals surface area contributed by atoms with E-state index in [4.69, 9.17) is 4.74 Å². The Hall–Kier alpha value is -0.980. The standard InChI is InChI=1S/C12H19N3O2S/c1-3-9-6-14-10(18-9)7-15-12(16)11-8(2)17-5-4-13-11/h6,8,11,13H,3-5,7H2,1-2H3,(H,15,16)/t8-,11+/m1/s1. The lowest BCUT2D eigenvalue weighted by Crippen LogP contribution is -2.55. The summed E-state index contributed by atoms with van der Waals surface area (Å²) in [6, 6.07) is -0.260. The molecule has 1 amide bonds. The van der Waals surface area contributed by atoms with Gasteiger partial charge in [-0.05, 0) is 13.3 Å². The van der Waals surface area contributed by atoms with Gasteiger partial charge in [-0.25, -0.2) is 4.98 Å². The normalized spacial score (nSPS) is 23.9. The number of morpholine rings is 1. The maximum Gasteiger partial charge on any atom is 0.240 e. The summed E-state index contributed by atoms with van der Waals surface area (Å²) in [6.45, 7) is 5.89. The molecular weight excluding hydrogens is 250 g/mol. The van der Waals surface area contributed by atoms with Crippen LogP contribution in [0, 0.1) is 0 Å². The van der Waals surface area contributed by atoms with E-state index < -0.39 is 0 Å². The van der Waals surface area contributed by atoms with Crippen LogP contribution in [0.4, 0.5) is 0 Å². The first-order valence-corrected chi connectivity index (χ1v) is 7.08. The number of rotatable bonds is 4. The maximum absolute atomic E-state index is 12.0. The van der Waals surface area contributed by atoms with Crippen LogP contribution in [0.3, 0.4) is 0 Å². The second-order valence-electron chi connectivity index (χ2n) is 4.30. The van der Waals surface area contributed by atoms with Crippen LogP contribution in [-0.2, 0) is 22.5 Å². The van der Waals surface area contributed by atoms with E-state index in [0.717, 1.165) is 18.0 Å². The summed E-state index contributed by atoms with van der Waals surface area (Å²) in [5, 5.41) is 7.02. The molecule has 2 rings (SSSR count). The second kappa shape index (κ2) is 6.26. The van der Waals surface area contributed by atoms with Crippen LogP contribution in [0.15, 0.2) is 6.20 Å². The first-order valence-electron chi connectivity index (χ1n) is 6.27. The largest absolute Gasteiger partial charge is 0.375 e. The molecule has 1 aromatic heterocycles. The van der Waals surface area contributed by atoms with Crippen molar-refractivity contribution in [2.75, 3.05) is 13.2 Å². The Morgan fingerprint density at radius 2 is 2.56 bits per heavy atom. The lowest BCUT2D eigenvalue weighted by atomic mass is 10.1. The molecule has 1 fully saturated rings. The van der Waals surface area contributed by atoms with Crippen LogP contribution in [0.25, 0.3) is 0 Å². The first-order chi connectivity index (χ1) is 8.70. The summed E-state index contributed by atoms with van der Waals surface area (Å²) >= 11 is 1.64. The van der Waals surface area contributed by atoms with Gasteiger partial charge in [0.15, 0.2) is 0 Å². The van der Waals surface area contributed by atoms with Gasteiger partial charge in [0.05, 0.1) is 19.3 Å². The summed E-state index contributed by atoms with van der Waals surface area (Å²) in [7, 11) is 0. The highest BCUT2D eigenvalue weighted by molar-refractivity contribution is 7.11. The number of hydrogen-bond acceptors (Lipinski definition) is 5. The number of ether oxygens (including phenoxy) is 1. The van der Waals surface area contributed by atoms with Crippen LogP contribution >= 0.6 is 11.3 Å². The minimum Gasteiger partial charge on any atom is -0.375 e. The molecule has 0 bridgehead atoms. The predicted octanol–water partition coefficient (Wildman–Crippen LogP) is 0.699. The number of nitrogens with one attached hydrogen (secondary N) is 2. The molecule has 6 heteroatoms. The molecule has 1 saturated heterocycles. The molecule has 5 nitrogen and oxygen atoms in total. The van der Waals surface area contributed by atoms with Gasteiger partial charge in [-0.3, -0.25) is 4.79 Å². The van der Waals surface area contributed by atoms with Crippen molar-refractivity contribution in [3.63, 3.8) is 0 Å². The zero-order valence-electron chi connectivity index (χ0n) is 10.7. The van der Waals surface area contributed by atoms with Crippen LogP contribution in [0.2, 0.25) is 0 Å². The summed E-state index contributed by atoms with van der Waals surface area (Å²) in [5.41, 5.74) is 0. The van der Waals surface area contributed by atoms with E-state index in [9.17, 15) is 4.79 Å². The highest BCUT2D eigenvalue weighted by Crippen LogP contribution is 2.13. The fourth-order valence-electron chi connectivity index (χ4n) is 1.89. The molecule has 100 valence electrons. The Balaban J connectivity index is 1.83. The van der Waals surface area contributed by atoms with Crippen LogP contribution in [0.5, 0.6) is 0 Å². The minimum absolute atomic E-state index is 0.0181. The zero-order valence-corrected chi connectivity index (χ0v) is 11.5. The first kappa shape index (κ1) is 13.5. The molecule has 2 N–H and O–H groups in total. The van der Waals surface area contributed by atoms with Gasteiger partial charge in [0, 0.05) is 17.6 Å². The summed E-state index contributed by atoms with van der Waals surface area (Å²) < 4.78 is 5.45. The Labute approximate surface area is 111 Å². The highest BCUT2D eigenvalue weighted by Gasteiger charge is 2.27. The van der Waals surface area contributed by atoms with E-state index in [-0.39, 0.29) is 18.1 Å². The molecule has 1 aliphatic rings. The third kappa shape index (κ3) is 3.28. The summed E-state index contributed by atoms with van der Waals surface area (Å²) in [6.07, 6.45) is 2.78. The van der Waals surface area contributed by atoms with Crippen molar-refractivity contribution in [3.05, 3.63) is 16.1 Å². The van der Waals surface area contributed by atoms with Gasteiger partial charge in [0.25, 0.3) is 0 Å². The minimum atomic E-state index is -0.260. The van der Waals surface area contributed by atoms with E-state index in [2.05, 4.69) is 22.5 Å². The Kier molecular flexibility index (Phi) is 4.68. The van der Waals surface area contributed by atoms with Crippen LogP contribution < -0.4 is 10.6 Å². The smallest absolute Gasteiger partial charge is 0.240 e. The average Bonchev–Trinajstić information content (AvgIpc) is 2.84. The van der Waals surface area contributed by atoms with Crippen molar-refractivity contribution in [2.45, 2.75) is 39.0 Å². The molecule has 0 unspecified atom stereocenters. The Bertz CT molecular complexity index is 408. The van der Waals surface area contributed by atoms with Gasteiger partial charge in [-0.15, -0.1) is 11.3 Å². The number of carbonyl (C=O) groups excluding carboxylic acids is 1. The topological polar surface area (TPSA) is 63.2 Å². The quantitative estimate of drug-likeness (QED) is 0.844. The highest BCUT2D eigenvalue weighted by atomic mass is 32.1. The lowest BCUT2D eigenvalue weighted by molar-refractivity contribution is -0.129. The molecule has 0 spiro atoms. The molecule has 0 aromatic carbocycles. The van der Waals surface area contributed by atoms with Gasteiger partial charge in [0.2, 0.25) is 5.91 Å². The number of amides is 1. The number of aryl methyl sites for hydroxylation is 1. The molecule has 1 aromatic rings. The molecular formula is C12H19N3O2S. The fraction of sp³-hybridized carbons (Fsp3) is 0.667. The monoisotopic (exact) mass is 269 g/mol. The fourth-order valence-corrected chi connectivity index (χ4v) is 2.70. The molecule has 2 atom stereocenters. The molecule has 18 heavy (non-hydrogen) atoms. The maximum atomic E-state index is 12.0. The van der Waals surface area contributed by atoms with Crippen molar-refractivity contribution in [1.29, 1.82) is 0 Å². The van der Waals surface area contributed by atoms with E-state index in [1.807, 2.05) is 13.1 Å². The third-order valence-corrected chi connectivity index (χ3v) is 4.10. The van der Waals surface area contributed by atoms with E-state index in [1.54, 1.807) is 11.3 Å². The summed E-state index contributed by atoms with van der Waals surface area (Å²) in [5.74, 6) is -0.0181. The Morgan fingerprint density at radius 1 is 1.72 bits per heavy atom. The van der Waals surface area contributed by atoms with Crippen LogP contribution in [0.1, 0.15) is 23.7 Å². The van der Waals surface area contributed by atoms with E-state index in [0.29, 0.717) is 13.2 Å². The molecule has 0 radical (unpaired) electrons. The number of aromatic nitrogens is 1. The second-order valence-corrected chi connectivity index (χ2v) is 5.50. The third-order valence-electron chi connectivity index (χ3n) is 2.96. The number of hydrogen-bond donors (Lipinski definition) is 2. The van der Waals surface area contributed by atoms with Gasteiger partial charge < -0.3 is 15.4 Å². The lowest BCUT2D eigenvalue weighted by Gasteiger charge is -2.29.